The van der Waals surface area contributed by atoms with Gasteiger partial charge < -0.3 is 16.5 Å². The molecule has 3 nitrogen and oxygen atoms in total. The molecule has 1 unspecified atom stereocenters. The molecule has 0 aliphatic rings. The lowest BCUT2D eigenvalue weighted by Gasteiger charge is -2.24. The number of allylic oxidation sites excluding steroid dienone is 1. The maximum absolute atomic E-state index is 13.2. The number of nitrogens with two attached hydrogens (primary N) is 1. The van der Waals surface area contributed by atoms with Crippen molar-refractivity contribution in [2.75, 3.05) is 5.73 Å². The zero-order valence-corrected chi connectivity index (χ0v) is 23.2. The normalized spacial score (nSPS) is 10.9. The molecule has 3 rings (SSSR count). The Labute approximate surface area is 223 Å². The van der Waals surface area contributed by atoms with Crippen molar-refractivity contribution in [2.45, 2.75) is 54.0 Å². The third-order valence-electron chi connectivity index (χ3n) is 5.55. The molecule has 3 aromatic rings. The van der Waals surface area contributed by atoms with Crippen LogP contribution in [-0.4, -0.2) is 5.71 Å². The van der Waals surface area contributed by atoms with Gasteiger partial charge in [0.25, 0.3) is 0 Å². The minimum atomic E-state index is -0.290. The molecule has 0 saturated carbocycles. The fourth-order valence-corrected chi connectivity index (χ4v) is 3.86. The Morgan fingerprint density at radius 3 is 2.11 bits per heavy atom. The van der Waals surface area contributed by atoms with E-state index in [0.717, 1.165) is 33.5 Å². The monoisotopic (exact) mass is 499 g/mol. The van der Waals surface area contributed by atoms with Gasteiger partial charge in [-0.1, -0.05) is 108 Å². The molecule has 0 spiro atoms. The standard InChI is InChI=1S/C29H30FN3.2C2H6/c1-5-24-25(20(4)33-29(19(2)3)22-9-7-6-8-10-22)16-18-27(32)28(24)26(31)17-13-21-11-14-23(30)15-12-21;2*1-2/h6-18,29,31,33H,2,4-5,32H2,1,3H3;2*1-2H3/b17-13+,31-26?;;. The summed E-state index contributed by atoms with van der Waals surface area (Å²) >= 11 is 0. The zero-order valence-electron chi connectivity index (χ0n) is 23.2. The van der Waals surface area contributed by atoms with Gasteiger partial charge >= 0.3 is 0 Å². The van der Waals surface area contributed by atoms with Gasteiger partial charge in [-0.15, -0.1) is 0 Å². The predicted octanol–water partition coefficient (Wildman–Crippen LogP) is 8.98. The molecule has 1 atom stereocenters. The highest BCUT2D eigenvalue weighted by Crippen LogP contribution is 2.30. The van der Waals surface area contributed by atoms with E-state index < -0.39 is 0 Å². The summed E-state index contributed by atoms with van der Waals surface area (Å²) in [6.45, 7) is 20.5. The summed E-state index contributed by atoms with van der Waals surface area (Å²) < 4.78 is 13.2. The van der Waals surface area contributed by atoms with Crippen LogP contribution >= 0.6 is 0 Å². The second-order valence-corrected chi connectivity index (χ2v) is 8.02. The minimum absolute atomic E-state index is 0.0813. The van der Waals surface area contributed by atoms with Crippen LogP contribution in [0, 0.1) is 11.2 Å². The first kappa shape index (κ1) is 31.1. The van der Waals surface area contributed by atoms with Crippen molar-refractivity contribution in [3.05, 3.63) is 125 Å². The van der Waals surface area contributed by atoms with Gasteiger partial charge in [-0.2, -0.15) is 0 Å². The van der Waals surface area contributed by atoms with Crippen molar-refractivity contribution in [2.24, 2.45) is 0 Å². The first-order chi connectivity index (χ1) is 17.8. The molecule has 0 saturated heterocycles. The third-order valence-corrected chi connectivity index (χ3v) is 5.55. The van der Waals surface area contributed by atoms with E-state index in [4.69, 9.17) is 11.1 Å². The lowest BCUT2D eigenvalue weighted by molar-refractivity contribution is 0.628. The van der Waals surface area contributed by atoms with Crippen LogP contribution in [0.25, 0.3) is 11.8 Å². The molecule has 0 bridgehead atoms. The summed E-state index contributed by atoms with van der Waals surface area (Å²) in [6.07, 6.45) is 4.16. The number of nitrogens with one attached hydrogen (secondary N) is 2. The minimum Gasteiger partial charge on any atom is -0.398 e. The van der Waals surface area contributed by atoms with Crippen LogP contribution in [0.15, 0.2) is 91.5 Å². The van der Waals surface area contributed by atoms with Crippen molar-refractivity contribution in [1.82, 2.24) is 5.32 Å². The van der Waals surface area contributed by atoms with Gasteiger partial charge in [0.2, 0.25) is 0 Å². The zero-order chi connectivity index (χ0) is 28.0. The molecule has 0 aliphatic carbocycles. The van der Waals surface area contributed by atoms with E-state index in [1.54, 1.807) is 24.3 Å². The van der Waals surface area contributed by atoms with E-state index in [-0.39, 0.29) is 11.9 Å². The maximum atomic E-state index is 13.2. The largest absolute Gasteiger partial charge is 0.398 e. The highest BCUT2D eigenvalue weighted by Gasteiger charge is 2.18. The lowest BCUT2D eigenvalue weighted by Crippen LogP contribution is -2.21. The van der Waals surface area contributed by atoms with Gasteiger partial charge in [0, 0.05) is 22.5 Å². The molecule has 3 aromatic carbocycles. The number of benzene rings is 3. The van der Waals surface area contributed by atoms with Gasteiger partial charge in [-0.3, -0.25) is 0 Å². The van der Waals surface area contributed by atoms with Crippen molar-refractivity contribution >= 4 is 23.2 Å². The number of hydrogen-bond acceptors (Lipinski definition) is 3. The second-order valence-electron chi connectivity index (χ2n) is 8.02. The molecule has 0 radical (unpaired) electrons. The Bertz CT molecular complexity index is 1190. The van der Waals surface area contributed by atoms with Gasteiger partial charge in [-0.25, -0.2) is 4.39 Å². The van der Waals surface area contributed by atoms with Crippen LogP contribution < -0.4 is 11.1 Å². The Hall–Kier alpha value is -3.92. The molecule has 0 heterocycles. The van der Waals surface area contributed by atoms with Gasteiger partial charge in [0.1, 0.15) is 5.82 Å². The van der Waals surface area contributed by atoms with Crippen LogP contribution in [0.4, 0.5) is 10.1 Å². The lowest BCUT2D eigenvalue weighted by atomic mass is 9.91. The summed E-state index contributed by atoms with van der Waals surface area (Å²) in [7, 11) is 0. The first-order valence-corrected chi connectivity index (χ1v) is 12.9. The van der Waals surface area contributed by atoms with E-state index in [1.165, 1.54) is 12.1 Å². The fraction of sp³-hybridized carbons (Fsp3) is 0.242. The second kappa shape index (κ2) is 15.9. The van der Waals surface area contributed by atoms with E-state index >= 15 is 0 Å². The molecule has 0 aliphatic heterocycles. The highest BCUT2D eigenvalue weighted by molar-refractivity contribution is 6.13. The number of hydrogen-bond donors (Lipinski definition) is 3. The van der Waals surface area contributed by atoms with Crippen molar-refractivity contribution in [1.29, 1.82) is 5.41 Å². The summed E-state index contributed by atoms with van der Waals surface area (Å²) in [5, 5.41) is 12.2. The number of rotatable bonds is 9. The Balaban J connectivity index is 0.00000163. The summed E-state index contributed by atoms with van der Waals surface area (Å²) in [4.78, 5) is 0. The molecule has 0 aromatic heterocycles. The average Bonchev–Trinajstić information content (AvgIpc) is 2.93. The Morgan fingerprint density at radius 2 is 1.57 bits per heavy atom. The average molecular weight is 500 g/mol. The van der Waals surface area contributed by atoms with Crippen molar-refractivity contribution < 1.29 is 4.39 Å². The number of halogens is 1. The predicted molar refractivity (Wildman–Crippen MR) is 161 cm³/mol. The Kier molecular flexibility index (Phi) is 13.4. The third kappa shape index (κ3) is 8.60. The molecular formula is C33H42FN3. The van der Waals surface area contributed by atoms with Crippen LogP contribution in [0.3, 0.4) is 0 Å². The SMILES string of the molecule is C=C(NC(C(=C)C)c1ccccc1)c1ccc(N)c(C(=N)/C=C/c2ccc(F)cc2)c1CC.CC.CC. The van der Waals surface area contributed by atoms with Crippen molar-refractivity contribution in [3.63, 3.8) is 0 Å². The van der Waals surface area contributed by atoms with Crippen LogP contribution in [-0.2, 0) is 6.42 Å². The van der Waals surface area contributed by atoms with E-state index in [0.29, 0.717) is 23.4 Å². The molecular weight excluding hydrogens is 457 g/mol. The summed E-state index contributed by atoms with van der Waals surface area (Å²) in [5.41, 5.74) is 13.3. The van der Waals surface area contributed by atoms with E-state index in [9.17, 15) is 4.39 Å². The molecule has 4 heteroatoms. The maximum Gasteiger partial charge on any atom is 0.123 e. The highest BCUT2D eigenvalue weighted by atomic mass is 19.1. The quantitative estimate of drug-likeness (QED) is 0.156. The van der Waals surface area contributed by atoms with Crippen LogP contribution in [0.1, 0.15) is 75.4 Å². The number of nitrogen functional groups attached to an aromatic ring is 1. The topological polar surface area (TPSA) is 61.9 Å². The fourth-order valence-electron chi connectivity index (χ4n) is 3.86. The molecule has 37 heavy (non-hydrogen) atoms. The molecule has 0 amide bonds. The van der Waals surface area contributed by atoms with Gasteiger partial charge in [0.15, 0.2) is 0 Å². The van der Waals surface area contributed by atoms with Gasteiger partial charge in [0.05, 0.1) is 11.8 Å². The molecule has 0 fully saturated rings. The first-order valence-electron chi connectivity index (χ1n) is 12.9. The van der Waals surface area contributed by atoms with Crippen LogP contribution in [0.2, 0.25) is 0 Å². The van der Waals surface area contributed by atoms with E-state index in [1.807, 2.05) is 71.9 Å². The van der Waals surface area contributed by atoms with E-state index in [2.05, 4.69) is 30.6 Å². The summed E-state index contributed by atoms with van der Waals surface area (Å²) in [6, 6.07) is 19.9. The Morgan fingerprint density at radius 1 is 0.973 bits per heavy atom. The smallest absolute Gasteiger partial charge is 0.123 e. The molecule has 4 N–H and O–H groups in total. The van der Waals surface area contributed by atoms with Crippen LogP contribution in [0.5, 0.6) is 0 Å². The van der Waals surface area contributed by atoms with Crippen molar-refractivity contribution in [3.8, 4) is 0 Å². The summed E-state index contributed by atoms with van der Waals surface area (Å²) in [5.74, 6) is -0.290. The van der Waals surface area contributed by atoms with Gasteiger partial charge in [-0.05, 0) is 54.3 Å². The number of anilines is 1. The molecule has 196 valence electrons.